The summed E-state index contributed by atoms with van der Waals surface area (Å²) in [5, 5.41) is 2.28. The minimum Gasteiger partial charge on any atom is -0.368 e. The van der Waals surface area contributed by atoms with Crippen LogP contribution in [0.4, 0.5) is 10.1 Å². The van der Waals surface area contributed by atoms with Gasteiger partial charge in [-0.15, -0.1) is 0 Å². The smallest absolute Gasteiger partial charge is 0.255 e. The van der Waals surface area contributed by atoms with Gasteiger partial charge in [0.1, 0.15) is 11.9 Å². The Kier molecular flexibility index (Phi) is 5.32. The molecule has 3 aliphatic rings. The average Bonchev–Trinajstić information content (AvgIpc) is 3.15. The number of nitrogens with one attached hydrogen (secondary N) is 1. The number of fused-ring (bicyclic) bond motifs is 1. The van der Waals surface area contributed by atoms with Gasteiger partial charge in [-0.25, -0.2) is 4.39 Å². The maximum absolute atomic E-state index is 14.5. The van der Waals surface area contributed by atoms with Gasteiger partial charge in [-0.1, -0.05) is 18.2 Å². The first-order valence-electron chi connectivity index (χ1n) is 11.0. The Bertz CT molecular complexity index is 1140. The summed E-state index contributed by atoms with van der Waals surface area (Å²) < 4.78 is 14.5. The first kappa shape index (κ1) is 21.1. The maximum Gasteiger partial charge on any atom is 0.255 e. The van der Waals surface area contributed by atoms with E-state index in [9.17, 15) is 23.6 Å². The fraction of sp³-hybridized carbons (Fsp3) is 0.333. The number of piperazine rings is 1. The van der Waals surface area contributed by atoms with E-state index in [2.05, 4.69) is 5.32 Å². The SMILES string of the molecule is O=C1CCC(N2Cc3c(cc(F)cc3N3CCN(C(=O)c4ccccc4)CC3)C2=O)C(=O)N1. The van der Waals surface area contributed by atoms with Crippen LogP contribution in [-0.4, -0.2) is 65.6 Å². The lowest BCUT2D eigenvalue weighted by Crippen LogP contribution is -2.52. The third-order valence-corrected chi connectivity index (χ3v) is 6.53. The predicted molar refractivity (Wildman–Crippen MR) is 117 cm³/mol. The number of hydrogen-bond acceptors (Lipinski definition) is 5. The summed E-state index contributed by atoms with van der Waals surface area (Å²) >= 11 is 0. The lowest BCUT2D eigenvalue weighted by molar-refractivity contribution is -0.136. The minimum absolute atomic E-state index is 0.0427. The Morgan fingerprint density at radius 3 is 2.42 bits per heavy atom. The van der Waals surface area contributed by atoms with Crippen LogP contribution >= 0.6 is 0 Å². The third kappa shape index (κ3) is 3.83. The largest absolute Gasteiger partial charge is 0.368 e. The molecule has 9 heteroatoms. The van der Waals surface area contributed by atoms with Gasteiger partial charge in [-0.2, -0.15) is 0 Å². The Morgan fingerprint density at radius 1 is 1.00 bits per heavy atom. The summed E-state index contributed by atoms with van der Waals surface area (Å²) in [6.45, 7) is 2.13. The van der Waals surface area contributed by atoms with Crippen molar-refractivity contribution in [2.75, 3.05) is 31.1 Å². The number of halogens is 1. The van der Waals surface area contributed by atoms with Crippen molar-refractivity contribution in [2.24, 2.45) is 0 Å². The normalized spacial score (nSPS) is 20.7. The predicted octanol–water partition coefficient (Wildman–Crippen LogP) is 1.55. The number of piperidine rings is 1. The number of carbonyl (C=O) groups is 4. The molecule has 1 N–H and O–H groups in total. The van der Waals surface area contributed by atoms with Crippen molar-refractivity contribution in [3.8, 4) is 0 Å². The molecule has 1 unspecified atom stereocenters. The quantitative estimate of drug-likeness (QED) is 0.717. The Hall–Kier alpha value is -3.75. The van der Waals surface area contributed by atoms with Crippen LogP contribution in [0, 0.1) is 5.82 Å². The highest BCUT2D eigenvalue weighted by atomic mass is 19.1. The van der Waals surface area contributed by atoms with E-state index in [0.717, 1.165) is 0 Å². The van der Waals surface area contributed by atoms with Crippen molar-refractivity contribution in [3.05, 3.63) is 65.0 Å². The lowest BCUT2D eigenvalue weighted by Gasteiger charge is -2.37. The van der Waals surface area contributed by atoms with Crippen molar-refractivity contribution < 1.29 is 23.6 Å². The molecule has 2 aromatic carbocycles. The molecule has 33 heavy (non-hydrogen) atoms. The number of imide groups is 1. The second-order valence-electron chi connectivity index (χ2n) is 8.50. The number of anilines is 1. The van der Waals surface area contributed by atoms with Crippen LogP contribution in [0.3, 0.4) is 0 Å². The molecule has 5 rings (SSSR count). The lowest BCUT2D eigenvalue weighted by atomic mass is 10.0. The third-order valence-electron chi connectivity index (χ3n) is 6.53. The Balaban J connectivity index is 1.34. The van der Waals surface area contributed by atoms with Crippen molar-refractivity contribution in [1.29, 1.82) is 0 Å². The van der Waals surface area contributed by atoms with Crippen LogP contribution < -0.4 is 10.2 Å². The minimum atomic E-state index is -0.751. The van der Waals surface area contributed by atoms with E-state index in [0.29, 0.717) is 43.0 Å². The molecule has 2 fully saturated rings. The van der Waals surface area contributed by atoms with Gasteiger partial charge in [0.2, 0.25) is 11.8 Å². The van der Waals surface area contributed by atoms with Crippen LogP contribution in [0.5, 0.6) is 0 Å². The standard InChI is InChI=1S/C24H23FN4O4/c25-16-12-17-18(14-29(24(17)33)19-6-7-21(30)26-22(19)31)20(13-16)27-8-10-28(11-9-27)23(32)15-4-2-1-3-5-15/h1-5,12-13,19H,6-11,14H2,(H,26,30,31). The highest BCUT2D eigenvalue weighted by Gasteiger charge is 2.41. The molecule has 2 aromatic rings. The zero-order valence-corrected chi connectivity index (χ0v) is 17.9. The zero-order valence-electron chi connectivity index (χ0n) is 17.9. The van der Waals surface area contributed by atoms with E-state index in [1.165, 1.54) is 17.0 Å². The van der Waals surface area contributed by atoms with E-state index in [4.69, 9.17) is 0 Å². The number of carbonyl (C=O) groups excluding carboxylic acids is 4. The number of hydrogen-bond donors (Lipinski definition) is 1. The molecule has 0 aromatic heterocycles. The van der Waals surface area contributed by atoms with Crippen LogP contribution in [0.25, 0.3) is 0 Å². The van der Waals surface area contributed by atoms with Crippen molar-refractivity contribution in [2.45, 2.75) is 25.4 Å². The van der Waals surface area contributed by atoms with E-state index < -0.39 is 23.7 Å². The van der Waals surface area contributed by atoms with Gasteiger partial charge in [-0.05, 0) is 30.7 Å². The molecule has 170 valence electrons. The molecule has 3 heterocycles. The molecule has 0 bridgehead atoms. The van der Waals surface area contributed by atoms with Gasteiger partial charge in [0, 0.05) is 61.5 Å². The summed E-state index contributed by atoms with van der Waals surface area (Å²) in [6, 6.07) is 10.9. The summed E-state index contributed by atoms with van der Waals surface area (Å²) in [5.74, 6) is -1.82. The van der Waals surface area contributed by atoms with Crippen molar-refractivity contribution in [1.82, 2.24) is 15.1 Å². The highest BCUT2D eigenvalue weighted by molar-refractivity contribution is 6.06. The molecule has 0 spiro atoms. The Morgan fingerprint density at radius 2 is 1.73 bits per heavy atom. The molecular weight excluding hydrogens is 427 g/mol. The van der Waals surface area contributed by atoms with E-state index >= 15 is 0 Å². The first-order chi connectivity index (χ1) is 15.9. The zero-order chi connectivity index (χ0) is 23.1. The maximum atomic E-state index is 14.5. The fourth-order valence-corrected chi connectivity index (χ4v) is 4.80. The molecule has 2 saturated heterocycles. The molecule has 0 saturated carbocycles. The van der Waals surface area contributed by atoms with Gasteiger partial charge in [0.15, 0.2) is 0 Å². The van der Waals surface area contributed by atoms with Gasteiger partial charge >= 0.3 is 0 Å². The summed E-state index contributed by atoms with van der Waals surface area (Å²) in [4.78, 5) is 54.7. The molecule has 0 aliphatic carbocycles. The molecule has 0 radical (unpaired) electrons. The van der Waals surface area contributed by atoms with Crippen LogP contribution in [0.15, 0.2) is 42.5 Å². The molecule has 3 aliphatic heterocycles. The first-order valence-corrected chi connectivity index (χ1v) is 11.0. The Labute approximate surface area is 189 Å². The second kappa shape index (κ2) is 8.31. The van der Waals surface area contributed by atoms with Gasteiger partial charge in [0.05, 0.1) is 0 Å². The summed E-state index contributed by atoms with van der Waals surface area (Å²) in [7, 11) is 0. The van der Waals surface area contributed by atoms with Crippen molar-refractivity contribution in [3.63, 3.8) is 0 Å². The van der Waals surface area contributed by atoms with E-state index in [1.807, 2.05) is 23.1 Å². The molecule has 4 amide bonds. The van der Waals surface area contributed by atoms with Gasteiger partial charge in [0.25, 0.3) is 11.8 Å². The van der Waals surface area contributed by atoms with E-state index in [-0.39, 0.29) is 36.8 Å². The molecule has 1 atom stereocenters. The summed E-state index contributed by atoms with van der Waals surface area (Å²) in [5.41, 5.74) is 2.16. The fourth-order valence-electron chi connectivity index (χ4n) is 4.80. The topological polar surface area (TPSA) is 90.0 Å². The molecular formula is C24H23FN4O4. The number of nitrogens with zero attached hydrogens (tertiary/aromatic N) is 3. The second-order valence-corrected chi connectivity index (χ2v) is 8.50. The average molecular weight is 450 g/mol. The van der Waals surface area contributed by atoms with Crippen molar-refractivity contribution >= 4 is 29.3 Å². The summed E-state index contributed by atoms with van der Waals surface area (Å²) in [6.07, 6.45) is 0.414. The monoisotopic (exact) mass is 450 g/mol. The van der Waals surface area contributed by atoms with Crippen LogP contribution in [0.2, 0.25) is 0 Å². The number of amides is 4. The van der Waals surface area contributed by atoms with Crippen LogP contribution in [-0.2, 0) is 16.1 Å². The molecule has 8 nitrogen and oxygen atoms in total. The number of benzene rings is 2. The van der Waals surface area contributed by atoms with E-state index in [1.54, 1.807) is 17.0 Å². The number of rotatable bonds is 3. The van der Waals surface area contributed by atoms with Gasteiger partial charge in [-0.3, -0.25) is 24.5 Å². The van der Waals surface area contributed by atoms with Crippen LogP contribution in [0.1, 0.15) is 39.1 Å². The highest BCUT2D eigenvalue weighted by Crippen LogP contribution is 2.35. The van der Waals surface area contributed by atoms with Gasteiger partial charge < -0.3 is 14.7 Å².